The van der Waals surface area contributed by atoms with Gasteiger partial charge in [0.05, 0.1) is 10.3 Å². The van der Waals surface area contributed by atoms with Crippen molar-refractivity contribution >= 4 is 44.3 Å². The number of benzene rings is 3. The van der Waals surface area contributed by atoms with Crippen molar-refractivity contribution in [3.05, 3.63) is 109 Å². The molecule has 208 valence electrons. The topological polar surface area (TPSA) is 109 Å². The van der Waals surface area contributed by atoms with Crippen molar-refractivity contribution in [3.8, 4) is 0 Å². The van der Waals surface area contributed by atoms with Gasteiger partial charge in [0, 0.05) is 36.6 Å². The smallest absolute Gasteiger partial charge is 0.323 e. The molecule has 10 heteroatoms. The van der Waals surface area contributed by atoms with Crippen molar-refractivity contribution in [2.24, 2.45) is 0 Å². The minimum Gasteiger partial charge on any atom is -0.355 e. The van der Waals surface area contributed by atoms with E-state index < -0.39 is 10.0 Å². The number of nitrogens with zero attached hydrogens (tertiary/aromatic N) is 4. The van der Waals surface area contributed by atoms with Crippen molar-refractivity contribution in [2.75, 3.05) is 28.6 Å². The molecule has 5 aromatic rings. The van der Waals surface area contributed by atoms with Crippen LogP contribution in [-0.4, -0.2) is 41.5 Å². The maximum atomic E-state index is 13.4. The molecule has 1 fully saturated rings. The molecule has 0 spiro atoms. The van der Waals surface area contributed by atoms with Crippen LogP contribution in [0.4, 0.5) is 22.0 Å². The molecule has 0 saturated carbocycles. The van der Waals surface area contributed by atoms with Crippen LogP contribution in [-0.2, 0) is 10.0 Å². The van der Waals surface area contributed by atoms with Crippen LogP contribution in [0.25, 0.3) is 11.0 Å². The van der Waals surface area contributed by atoms with Gasteiger partial charge in [0.1, 0.15) is 12.1 Å². The van der Waals surface area contributed by atoms with E-state index >= 15 is 0 Å². The number of piperidine rings is 1. The predicted octanol–water partition coefficient (Wildman–Crippen LogP) is 6.00. The third-order valence-corrected chi connectivity index (χ3v) is 9.05. The van der Waals surface area contributed by atoms with Crippen molar-refractivity contribution in [2.45, 2.75) is 30.6 Å². The summed E-state index contributed by atoms with van der Waals surface area (Å²) in [6.07, 6.45) is 4.92. The molecule has 1 atom stereocenters. The highest BCUT2D eigenvalue weighted by molar-refractivity contribution is 7.90. The van der Waals surface area contributed by atoms with Gasteiger partial charge in [-0.1, -0.05) is 48.0 Å². The predicted molar refractivity (Wildman–Crippen MR) is 161 cm³/mol. The second-order valence-corrected chi connectivity index (χ2v) is 12.0. The van der Waals surface area contributed by atoms with Crippen LogP contribution in [0.1, 0.15) is 29.9 Å². The standard InChI is InChI=1S/C31H30N6O3S/c1-22-12-14-27(15-13-22)41(39,40)37-18-16-28-29(32-21-33-30(28)37)36-17-6-8-24(20-36)23-7-5-11-26(19-23)35-31(38)34-25-9-3-2-4-10-25/h2-5,7,9-16,18-19,21,24H,6,8,17,20H2,1H3,(H2,34,35,38). The van der Waals surface area contributed by atoms with Crippen molar-refractivity contribution in [1.29, 1.82) is 0 Å². The van der Waals surface area contributed by atoms with Crippen LogP contribution in [0, 0.1) is 6.92 Å². The second kappa shape index (κ2) is 11.1. The summed E-state index contributed by atoms with van der Waals surface area (Å²) >= 11 is 0. The van der Waals surface area contributed by atoms with Crippen LogP contribution in [0.3, 0.4) is 0 Å². The molecule has 3 aromatic carbocycles. The lowest BCUT2D eigenvalue weighted by atomic mass is 9.90. The summed E-state index contributed by atoms with van der Waals surface area (Å²) in [7, 11) is -3.81. The zero-order valence-corrected chi connectivity index (χ0v) is 23.4. The molecule has 1 saturated heterocycles. The van der Waals surface area contributed by atoms with Gasteiger partial charge in [0.2, 0.25) is 0 Å². The zero-order valence-electron chi connectivity index (χ0n) is 22.6. The largest absolute Gasteiger partial charge is 0.355 e. The highest BCUT2D eigenvalue weighted by atomic mass is 32.2. The molecule has 0 radical (unpaired) electrons. The summed E-state index contributed by atoms with van der Waals surface area (Å²) in [4.78, 5) is 23.9. The van der Waals surface area contributed by atoms with E-state index in [2.05, 4.69) is 31.6 Å². The maximum Gasteiger partial charge on any atom is 0.323 e. The number of aryl methyl sites for hydroxylation is 1. The quantitative estimate of drug-likeness (QED) is 0.261. The number of carbonyl (C=O) groups is 1. The SMILES string of the molecule is Cc1ccc(S(=O)(=O)n2ccc3c(N4CCCC(c5cccc(NC(=O)Nc6ccccc6)c5)C4)ncnc32)cc1. The van der Waals surface area contributed by atoms with Gasteiger partial charge in [-0.25, -0.2) is 27.2 Å². The Hall–Kier alpha value is -4.70. The van der Waals surface area contributed by atoms with E-state index in [0.29, 0.717) is 23.4 Å². The van der Waals surface area contributed by atoms with Gasteiger partial charge in [-0.15, -0.1) is 0 Å². The Labute approximate surface area is 238 Å². The number of aromatic nitrogens is 3. The summed E-state index contributed by atoms with van der Waals surface area (Å²) in [6, 6.07) is 25.5. The molecule has 0 aliphatic carbocycles. The van der Waals surface area contributed by atoms with E-state index in [-0.39, 0.29) is 16.8 Å². The molecule has 1 unspecified atom stereocenters. The third kappa shape index (κ3) is 5.51. The number of amides is 2. The Balaban J connectivity index is 1.22. The monoisotopic (exact) mass is 566 g/mol. The van der Waals surface area contributed by atoms with E-state index in [1.807, 2.05) is 55.5 Å². The van der Waals surface area contributed by atoms with Crippen LogP contribution in [0.2, 0.25) is 0 Å². The molecule has 9 nitrogen and oxygen atoms in total. The third-order valence-electron chi connectivity index (χ3n) is 7.37. The fourth-order valence-corrected chi connectivity index (χ4v) is 6.61. The average molecular weight is 567 g/mol. The summed E-state index contributed by atoms with van der Waals surface area (Å²) in [5.74, 6) is 0.931. The number of carbonyl (C=O) groups excluding carboxylic acids is 1. The number of rotatable bonds is 6. The number of anilines is 3. The Morgan fingerprint density at radius 1 is 0.902 bits per heavy atom. The highest BCUT2D eigenvalue weighted by Gasteiger charge is 2.26. The van der Waals surface area contributed by atoms with E-state index in [9.17, 15) is 13.2 Å². The lowest BCUT2D eigenvalue weighted by molar-refractivity contribution is 0.262. The Bertz CT molecular complexity index is 1800. The number of para-hydroxylation sites is 1. The summed E-state index contributed by atoms with van der Waals surface area (Å²) in [5.41, 5.74) is 3.91. The molecule has 3 heterocycles. The number of urea groups is 1. The van der Waals surface area contributed by atoms with Crippen LogP contribution in [0.15, 0.2) is 102 Å². The molecule has 6 rings (SSSR count). The van der Waals surface area contributed by atoms with Gasteiger partial charge in [-0.05, 0) is 67.8 Å². The zero-order chi connectivity index (χ0) is 28.4. The second-order valence-electron chi connectivity index (χ2n) is 10.2. The van der Waals surface area contributed by atoms with Crippen LogP contribution < -0.4 is 15.5 Å². The molecule has 2 amide bonds. The Kier molecular flexibility index (Phi) is 7.15. The van der Waals surface area contributed by atoms with E-state index in [1.54, 1.807) is 36.5 Å². The summed E-state index contributed by atoms with van der Waals surface area (Å²) in [6.45, 7) is 3.43. The average Bonchev–Trinajstić information content (AvgIpc) is 3.44. The maximum absolute atomic E-state index is 13.4. The van der Waals surface area contributed by atoms with Gasteiger partial charge < -0.3 is 15.5 Å². The Morgan fingerprint density at radius 2 is 1.66 bits per heavy atom. The van der Waals surface area contributed by atoms with Crippen molar-refractivity contribution < 1.29 is 13.2 Å². The molecule has 2 N–H and O–H groups in total. The van der Waals surface area contributed by atoms with Gasteiger partial charge in [0.15, 0.2) is 5.65 Å². The number of hydrogen-bond donors (Lipinski definition) is 2. The van der Waals surface area contributed by atoms with Crippen LogP contribution >= 0.6 is 0 Å². The molecule has 1 aliphatic rings. The van der Waals surface area contributed by atoms with Crippen molar-refractivity contribution in [1.82, 2.24) is 13.9 Å². The molecule has 41 heavy (non-hydrogen) atoms. The lowest BCUT2D eigenvalue weighted by Gasteiger charge is -2.34. The first kappa shape index (κ1) is 26.5. The normalized spacial score (nSPS) is 15.5. The Morgan fingerprint density at radius 3 is 2.46 bits per heavy atom. The molecule has 2 aromatic heterocycles. The lowest BCUT2D eigenvalue weighted by Crippen LogP contribution is -2.35. The first-order valence-electron chi connectivity index (χ1n) is 13.5. The van der Waals surface area contributed by atoms with E-state index in [0.717, 1.165) is 41.9 Å². The fraction of sp³-hybridized carbons (Fsp3) is 0.194. The van der Waals surface area contributed by atoms with Gasteiger partial charge in [0.25, 0.3) is 10.0 Å². The first-order chi connectivity index (χ1) is 19.9. The number of nitrogens with one attached hydrogen (secondary N) is 2. The molecule has 1 aliphatic heterocycles. The van der Waals surface area contributed by atoms with Gasteiger partial charge in [-0.3, -0.25) is 0 Å². The van der Waals surface area contributed by atoms with E-state index in [4.69, 9.17) is 0 Å². The van der Waals surface area contributed by atoms with Crippen LogP contribution in [0.5, 0.6) is 0 Å². The molecule has 0 bridgehead atoms. The minimum atomic E-state index is -3.81. The minimum absolute atomic E-state index is 0.213. The summed E-state index contributed by atoms with van der Waals surface area (Å²) < 4.78 is 28.1. The summed E-state index contributed by atoms with van der Waals surface area (Å²) in [5, 5.41) is 6.46. The first-order valence-corrected chi connectivity index (χ1v) is 14.9. The highest BCUT2D eigenvalue weighted by Crippen LogP contribution is 2.34. The number of hydrogen-bond acceptors (Lipinski definition) is 6. The fourth-order valence-electron chi connectivity index (χ4n) is 5.31. The van der Waals surface area contributed by atoms with Gasteiger partial charge in [-0.2, -0.15) is 0 Å². The molecular weight excluding hydrogens is 536 g/mol. The molecular formula is C31H30N6O3S. The van der Waals surface area contributed by atoms with Crippen molar-refractivity contribution in [3.63, 3.8) is 0 Å². The van der Waals surface area contributed by atoms with Gasteiger partial charge >= 0.3 is 6.03 Å². The number of fused-ring (bicyclic) bond motifs is 1. The van der Waals surface area contributed by atoms with E-state index in [1.165, 1.54) is 10.3 Å².